The highest BCUT2D eigenvalue weighted by Crippen LogP contribution is 2.33. The van der Waals surface area contributed by atoms with Crippen molar-refractivity contribution in [3.63, 3.8) is 0 Å². The maximum atomic E-state index is 1.58. The fourth-order valence-electron chi connectivity index (χ4n) is 5.44. The molecule has 0 N–H and O–H groups in total. The van der Waals surface area contributed by atoms with Crippen LogP contribution in [0.25, 0.3) is 0 Å². The second-order valence-electron chi connectivity index (χ2n) is 9.49. The Morgan fingerprint density at radius 2 is 0.480 bits per heavy atom. The minimum atomic E-state index is 1.07. The van der Waals surface area contributed by atoms with Gasteiger partial charge in [0.05, 0.1) is 0 Å². The molecule has 0 spiro atoms. The summed E-state index contributed by atoms with van der Waals surface area (Å²) in [5.41, 5.74) is 0. The lowest BCUT2D eigenvalue weighted by molar-refractivity contribution is 0.483. The molecule has 0 atom stereocenters. The van der Waals surface area contributed by atoms with Crippen LogP contribution in [0.4, 0.5) is 0 Å². The standard InChI is InChI=1S/C24H47B/c1-2-4-6-8-11-15-19-23(20-16-12-9-7-5-3-1)25-24-21-17-13-10-14-18-22-24/h23-25H,1-22H2. The van der Waals surface area contributed by atoms with Crippen LogP contribution >= 0.6 is 0 Å². The average molecular weight is 346 g/mol. The lowest BCUT2D eigenvalue weighted by atomic mass is 9.50. The van der Waals surface area contributed by atoms with Crippen molar-refractivity contribution in [3.8, 4) is 0 Å². The first kappa shape index (κ1) is 21.4. The third-order valence-corrected chi connectivity index (χ3v) is 7.12. The van der Waals surface area contributed by atoms with E-state index in [1.807, 2.05) is 0 Å². The van der Waals surface area contributed by atoms with Crippen molar-refractivity contribution in [3.05, 3.63) is 0 Å². The molecule has 0 radical (unpaired) electrons. The molecule has 0 aromatic heterocycles. The van der Waals surface area contributed by atoms with E-state index in [2.05, 4.69) is 0 Å². The van der Waals surface area contributed by atoms with Crippen LogP contribution in [0.2, 0.25) is 11.6 Å². The Hall–Kier alpha value is 0.0649. The van der Waals surface area contributed by atoms with Crippen LogP contribution in [0.5, 0.6) is 0 Å². The summed E-state index contributed by atoms with van der Waals surface area (Å²) in [7, 11) is 1.58. The van der Waals surface area contributed by atoms with E-state index in [1.165, 1.54) is 116 Å². The molecule has 0 saturated heterocycles. The highest BCUT2D eigenvalue weighted by atomic mass is 14.1. The summed E-state index contributed by atoms with van der Waals surface area (Å²) in [6.07, 6.45) is 33.4. The van der Waals surface area contributed by atoms with E-state index in [0.29, 0.717) is 0 Å². The van der Waals surface area contributed by atoms with E-state index in [9.17, 15) is 0 Å². The van der Waals surface area contributed by atoms with Gasteiger partial charge in [-0.25, -0.2) is 0 Å². The van der Waals surface area contributed by atoms with Crippen molar-refractivity contribution in [1.29, 1.82) is 0 Å². The Balaban J connectivity index is 1.72. The molecule has 0 aromatic carbocycles. The molecule has 2 aliphatic carbocycles. The van der Waals surface area contributed by atoms with Gasteiger partial charge in [-0.15, -0.1) is 0 Å². The van der Waals surface area contributed by atoms with E-state index in [4.69, 9.17) is 0 Å². The van der Waals surface area contributed by atoms with E-state index in [0.717, 1.165) is 11.6 Å². The zero-order valence-electron chi connectivity index (χ0n) is 17.4. The summed E-state index contributed by atoms with van der Waals surface area (Å²) in [5, 5.41) is 0. The smallest absolute Gasteiger partial charge is 0.0654 e. The lowest BCUT2D eigenvalue weighted by Gasteiger charge is -2.24. The van der Waals surface area contributed by atoms with Gasteiger partial charge in [0.1, 0.15) is 7.28 Å². The second kappa shape index (κ2) is 15.2. The predicted molar refractivity (Wildman–Crippen MR) is 116 cm³/mol. The minimum Gasteiger partial charge on any atom is -0.0654 e. The Bertz CT molecular complexity index is 264. The van der Waals surface area contributed by atoms with Gasteiger partial charge < -0.3 is 0 Å². The Morgan fingerprint density at radius 1 is 0.280 bits per heavy atom. The van der Waals surface area contributed by atoms with Gasteiger partial charge in [0.25, 0.3) is 0 Å². The molecule has 2 aliphatic rings. The van der Waals surface area contributed by atoms with Gasteiger partial charge in [-0.2, -0.15) is 0 Å². The van der Waals surface area contributed by atoms with Crippen LogP contribution in [0.1, 0.15) is 141 Å². The van der Waals surface area contributed by atoms with E-state index in [1.54, 1.807) is 33.0 Å². The average Bonchev–Trinajstić information content (AvgIpc) is 2.58. The summed E-state index contributed by atoms with van der Waals surface area (Å²) in [5.74, 6) is 2.15. The topological polar surface area (TPSA) is 0 Å². The summed E-state index contributed by atoms with van der Waals surface area (Å²) >= 11 is 0. The highest BCUT2D eigenvalue weighted by molar-refractivity contribution is 6.39. The monoisotopic (exact) mass is 346 g/mol. The molecule has 25 heavy (non-hydrogen) atoms. The lowest BCUT2D eigenvalue weighted by Crippen LogP contribution is -2.13. The largest absolute Gasteiger partial charge is 0.127 e. The van der Waals surface area contributed by atoms with E-state index >= 15 is 0 Å². The molecule has 0 heterocycles. The first-order valence-corrected chi connectivity index (χ1v) is 12.4. The molecule has 0 bridgehead atoms. The SMILES string of the molecule is B(C1CCCCCCCCCCCCCCC1)C1CCCCCCC1. The van der Waals surface area contributed by atoms with Crippen LogP contribution in [0.3, 0.4) is 0 Å². The molecule has 1 heteroatoms. The first-order chi connectivity index (χ1) is 12.4. The Morgan fingerprint density at radius 3 is 0.720 bits per heavy atom. The van der Waals surface area contributed by atoms with Crippen LogP contribution in [0.15, 0.2) is 0 Å². The molecule has 0 aromatic rings. The van der Waals surface area contributed by atoms with Crippen molar-refractivity contribution in [2.45, 2.75) is 153 Å². The van der Waals surface area contributed by atoms with Crippen molar-refractivity contribution in [1.82, 2.24) is 0 Å². The highest BCUT2D eigenvalue weighted by Gasteiger charge is 2.19. The molecule has 0 unspecified atom stereocenters. The van der Waals surface area contributed by atoms with Crippen LogP contribution in [0, 0.1) is 0 Å². The molecule has 2 rings (SSSR count). The van der Waals surface area contributed by atoms with Gasteiger partial charge in [-0.3, -0.25) is 0 Å². The van der Waals surface area contributed by atoms with Gasteiger partial charge >= 0.3 is 0 Å². The predicted octanol–water partition coefficient (Wildman–Crippen LogP) is 8.61. The molecular formula is C24H47B. The van der Waals surface area contributed by atoms with Gasteiger partial charge in [0.15, 0.2) is 0 Å². The van der Waals surface area contributed by atoms with Crippen LogP contribution in [-0.2, 0) is 0 Å². The Kier molecular flexibility index (Phi) is 13.0. The van der Waals surface area contributed by atoms with E-state index < -0.39 is 0 Å². The van der Waals surface area contributed by atoms with Gasteiger partial charge in [-0.05, 0) is 0 Å². The third kappa shape index (κ3) is 11.4. The number of hydrogen-bond donors (Lipinski definition) is 0. The normalized spacial score (nSPS) is 25.8. The fourth-order valence-corrected chi connectivity index (χ4v) is 5.44. The Labute approximate surface area is 160 Å². The first-order valence-electron chi connectivity index (χ1n) is 12.4. The molecule has 0 aliphatic heterocycles. The van der Waals surface area contributed by atoms with Crippen molar-refractivity contribution in [2.24, 2.45) is 0 Å². The van der Waals surface area contributed by atoms with Gasteiger partial charge in [-0.1, -0.05) is 153 Å². The summed E-state index contributed by atoms with van der Waals surface area (Å²) in [4.78, 5) is 0. The minimum absolute atomic E-state index is 1.07. The van der Waals surface area contributed by atoms with Crippen molar-refractivity contribution >= 4 is 7.28 Å². The van der Waals surface area contributed by atoms with Crippen molar-refractivity contribution in [2.75, 3.05) is 0 Å². The summed E-state index contributed by atoms with van der Waals surface area (Å²) < 4.78 is 0. The fraction of sp³-hybridized carbons (Fsp3) is 1.00. The zero-order chi connectivity index (χ0) is 17.4. The maximum absolute atomic E-state index is 1.58. The molecule has 146 valence electrons. The molecule has 0 nitrogen and oxygen atoms in total. The third-order valence-electron chi connectivity index (χ3n) is 7.12. The molecule has 2 saturated carbocycles. The van der Waals surface area contributed by atoms with Gasteiger partial charge in [0.2, 0.25) is 0 Å². The van der Waals surface area contributed by atoms with Crippen molar-refractivity contribution < 1.29 is 0 Å². The molecule has 2 fully saturated rings. The zero-order valence-corrected chi connectivity index (χ0v) is 17.4. The second-order valence-corrected chi connectivity index (χ2v) is 9.49. The van der Waals surface area contributed by atoms with E-state index in [-0.39, 0.29) is 0 Å². The quantitative estimate of drug-likeness (QED) is 0.439. The van der Waals surface area contributed by atoms with Crippen LogP contribution in [-0.4, -0.2) is 7.28 Å². The number of rotatable bonds is 2. The summed E-state index contributed by atoms with van der Waals surface area (Å²) in [6.45, 7) is 0. The maximum Gasteiger partial charge on any atom is 0.127 e. The summed E-state index contributed by atoms with van der Waals surface area (Å²) in [6, 6.07) is 0. The van der Waals surface area contributed by atoms with Crippen LogP contribution < -0.4 is 0 Å². The van der Waals surface area contributed by atoms with Gasteiger partial charge in [0, 0.05) is 0 Å². The molecule has 0 amide bonds. The number of hydrogen-bond acceptors (Lipinski definition) is 0. The molecular weight excluding hydrogens is 299 g/mol.